The number of esters is 1. The van der Waals surface area contributed by atoms with E-state index in [4.69, 9.17) is 5.11 Å². The molecule has 6 nitrogen and oxygen atoms in total. The number of amides is 1. The predicted molar refractivity (Wildman–Crippen MR) is 60.3 cm³/mol. The highest BCUT2D eigenvalue weighted by atomic mass is 16.5. The van der Waals surface area contributed by atoms with Gasteiger partial charge in [0.05, 0.1) is 20.0 Å². The van der Waals surface area contributed by atoms with Crippen molar-refractivity contribution in [1.82, 2.24) is 5.32 Å². The number of carboxylic acids is 1. The first-order valence-corrected chi connectivity index (χ1v) is 5.32. The second kappa shape index (κ2) is 6.88. The van der Waals surface area contributed by atoms with Crippen molar-refractivity contribution in [3.8, 4) is 0 Å². The number of ether oxygens (including phenoxy) is 1. The van der Waals surface area contributed by atoms with Crippen molar-refractivity contribution in [3.05, 3.63) is 0 Å². The average molecular weight is 245 g/mol. The maximum absolute atomic E-state index is 11.5. The molecule has 6 heteroatoms. The van der Waals surface area contributed by atoms with Gasteiger partial charge in [-0.2, -0.15) is 0 Å². The highest BCUT2D eigenvalue weighted by Crippen LogP contribution is 2.24. The van der Waals surface area contributed by atoms with Crippen molar-refractivity contribution in [1.29, 1.82) is 0 Å². The third-order valence-corrected chi connectivity index (χ3v) is 2.15. The van der Waals surface area contributed by atoms with Gasteiger partial charge >= 0.3 is 11.9 Å². The van der Waals surface area contributed by atoms with Crippen LogP contribution in [0.5, 0.6) is 0 Å². The SMILES string of the molecule is COC(=O)CCNC(=O)CC(C)(C)CC(=O)O. The van der Waals surface area contributed by atoms with Gasteiger partial charge in [0.2, 0.25) is 5.91 Å². The zero-order valence-electron chi connectivity index (χ0n) is 10.4. The summed E-state index contributed by atoms with van der Waals surface area (Å²) in [6, 6.07) is 0. The van der Waals surface area contributed by atoms with E-state index in [9.17, 15) is 14.4 Å². The van der Waals surface area contributed by atoms with Crippen LogP contribution in [0.3, 0.4) is 0 Å². The van der Waals surface area contributed by atoms with Gasteiger partial charge in [0.15, 0.2) is 0 Å². The van der Waals surface area contributed by atoms with Gasteiger partial charge in [0.25, 0.3) is 0 Å². The summed E-state index contributed by atoms with van der Waals surface area (Å²) in [4.78, 5) is 32.8. The molecular formula is C11H19NO5. The van der Waals surface area contributed by atoms with Gasteiger partial charge in [0.1, 0.15) is 0 Å². The molecule has 0 radical (unpaired) electrons. The Bertz CT molecular complexity index is 298. The van der Waals surface area contributed by atoms with Crippen LogP contribution in [0.4, 0.5) is 0 Å². The molecule has 0 aliphatic carbocycles. The maximum atomic E-state index is 11.5. The van der Waals surface area contributed by atoms with Crippen LogP contribution >= 0.6 is 0 Å². The summed E-state index contributed by atoms with van der Waals surface area (Å²) in [5.74, 6) is -1.59. The minimum Gasteiger partial charge on any atom is -0.481 e. The van der Waals surface area contributed by atoms with Crippen LogP contribution in [-0.2, 0) is 19.1 Å². The molecule has 0 aliphatic rings. The van der Waals surface area contributed by atoms with E-state index in [1.54, 1.807) is 13.8 Å². The molecule has 0 aromatic heterocycles. The number of carbonyl (C=O) groups excluding carboxylic acids is 2. The number of carboxylic acid groups (broad SMARTS) is 1. The molecule has 17 heavy (non-hydrogen) atoms. The average Bonchev–Trinajstić information content (AvgIpc) is 2.14. The van der Waals surface area contributed by atoms with Gasteiger partial charge in [0, 0.05) is 13.0 Å². The van der Waals surface area contributed by atoms with Gasteiger partial charge in [-0.1, -0.05) is 13.8 Å². The van der Waals surface area contributed by atoms with Crippen LogP contribution < -0.4 is 5.32 Å². The van der Waals surface area contributed by atoms with E-state index in [-0.39, 0.29) is 31.7 Å². The number of rotatable bonds is 7. The molecule has 0 heterocycles. The third-order valence-electron chi connectivity index (χ3n) is 2.15. The molecule has 0 rings (SSSR count). The maximum Gasteiger partial charge on any atom is 0.307 e. The Morgan fingerprint density at radius 1 is 1.24 bits per heavy atom. The second-order valence-corrected chi connectivity index (χ2v) is 4.59. The first kappa shape index (κ1) is 15.4. The van der Waals surface area contributed by atoms with E-state index < -0.39 is 17.4 Å². The Balaban J connectivity index is 3.93. The normalized spacial score (nSPS) is 10.8. The van der Waals surface area contributed by atoms with Crippen molar-refractivity contribution < 1.29 is 24.2 Å². The summed E-state index contributed by atoms with van der Waals surface area (Å²) in [6.07, 6.45) is 0.152. The fraction of sp³-hybridized carbons (Fsp3) is 0.727. The predicted octanol–water partition coefficient (Wildman–Crippen LogP) is 0.557. The lowest BCUT2D eigenvalue weighted by molar-refractivity contribution is -0.140. The van der Waals surface area contributed by atoms with Crippen LogP contribution in [0.1, 0.15) is 33.1 Å². The molecule has 0 aromatic rings. The largest absolute Gasteiger partial charge is 0.481 e. The third kappa shape index (κ3) is 8.24. The van der Waals surface area contributed by atoms with Crippen LogP contribution in [0, 0.1) is 5.41 Å². The summed E-state index contributed by atoms with van der Waals surface area (Å²) in [6.45, 7) is 3.62. The molecule has 0 atom stereocenters. The fourth-order valence-electron chi connectivity index (χ4n) is 1.38. The number of hydrogen-bond acceptors (Lipinski definition) is 4. The summed E-state index contributed by atoms with van der Waals surface area (Å²) in [5.41, 5.74) is -0.596. The van der Waals surface area contributed by atoms with E-state index in [1.807, 2.05) is 0 Å². The van der Waals surface area contributed by atoms with Crippen LogP contribution in [0.15, 0.2) is 0 Å². The van der Waals surface area contributed by atoms with Crippen molar-refractivity contribution in [3.63, 3.8) is 0 Å². The van der Waals surface area contributed by atoms with E-state index in [0.29, 0.717) is 0 Å². The summed E-state index contributed by atoms with van der Waals surface area (Å²) in [7, 11) is 1.28. The van der Waals surface area contributed by atoms with Crippen molar-refractivity contribution in [2.24, 2.45) is 5.41 Å². The van der Waals surface area contributed by atoms with Crippen LogP contribution in [0.2, 0.25) is 0 Å². The highest BCUT2D eigenvalue weighted by Gasteiger charge is 2.24. The molecule has 0 aliphatic heterocycles. The molecule has 0 bridgehead atoms. The molecule has 0 saturated heterocycles. The summed E-state index contributed by atoms with van der Waals surface area (Å²) >= 11 is 0. The van der Waals surface area contributed by atoms with E-state index in [0.717, 1.165) is 0 Å². The lowest BCUT2D eigenvalue weighted by Gasteiger charge is -2.21. The molecule has 0 aromatic carbocycles. The number of methoxy groups -OCH3 is 1. The van der Waals surface area contributed by atoms with Gasteiger partial charge in [-0.25, -0.2) is 0 Å². The van der Waals surface area contributed by atoms with Gasteiger partial charge < -0.3 is 15.2 Å². The van der Waals surface area contributed by atoms with E-state index in [2.05, 4.69) is 10.1 Å². The number of nitrogens with one attached hydrogen (secondary N) is 1. The van der Waals surface area contributed by atoms with Gasteiger partial charge in [-0.3, -0.25) is 14.4 Å². The van der Waals surface area contributed by atoms with Gasteiger partial charge in [-0.15, -0.1) is 0 Å². The first-order valence-electron chi connectivity index (χ1n) is 5.32. The van der Waals surface area contributed by atoms with Crippen LogP contribution in [0.25, 0.3) is 0 Å². The molecule has 98 valence electrons. The molecule has 0 saturated carbocycles. The van der Waals surface area contributed by atoms with Crippen molar-refractivity contribution >= 4 is 17.8 Å². The number of hydrogen-bond donors (Lipinski definition) is 2. The number of carbonyl (C=O) groups is 3. The molecular weight excluding hydrogens is 226 g/mol. The van der Waals surface area contributed by atoms with Crippen LogP contribution in [-0.4, -0.2) is 36.6 Å². The monoisotopic (exact) mass is 245 g/mol. The Morgan fingerprint density at radius 3 is 2.29 bits per heavy atom. The standard InChI is InChI=1S/C11H19NO5/c1-11(2,7-9(14)15)6-8(13)12-5-4-10(16)17-3/h4-7H2,1-3H3,(H,12,13)(H,14,15). The van der Waals surface area contributed by atoms with E-state index >= 15 is 0 Å². The zero-order chi connectivity index (χ0) is 13.5. The molecule has 0 spiro atoms. The molecule has 2 N–H and O–H groups in total. The smallest absolute Gasteiger partial charge is 0.307 e. The summed E-state index contributed by atoms with van der Waals surface area (Å²) < 4.78 is 4.42. The quantitative estimate of drug-likeness (QED) is 0.639. The second-order valence-electron chi connectivity index (χ2n) is 4.59. The van der Waals surface area contributed by atoms with Crippen molar-refractivity contribution in [2.75, 3.05) is 13.7 Å². The molecule has 0 unspecified atom stereocenters. The molecule has 0 fully saturated rings. The minimum absolute atomic E-state index is 0.0720. The topological polar surface area (TPSA) is 92.7 Å². The summed E-state index contributed by atoms with van der Waals surface area (Å²) in [5, 5.41) is 11.2. The lowest BCUT2D eigenvalue weighted by Crippen LogP contribution is -2.31. The molecule has 1 amide bonds. The van der Waals surface area contributed by atoms with E-state index in [1.165, 1.54) is 7.11 Å². The number of aliphatic carboxylic acids is 1. The Labute approximate surface area is 100 Å². The first-order chi connectivity index (χ1) is 7.76. The lowest BCUT2D eigenvalue weighted by atomic mass is 9.85. The minimum atomic E-state index is -0.933. The highest BCUT2D eigenvalue weighted by molar-refractivity contribution is 5.78. The van der Waals surface area contributed by atoms with Gasteiger partial charge in [-0.05, 0) is 5.41 Å². The Hall–Kier alpha value is -1.59. The van der Waals surface area contributed by atoms with Crippen molar-refractivity contribution in [2.45, 2.75) is 33.1 Å². The zero-order valence-corrected chi connectivity index (χ0v) is 10.4. The fourth-order valence-corrected chi connectivity index (χ4v) is 1.38. The Morgan fingerprint density at radius 2 is 1.82 bits per heavy atom. The Kier molecular flexibility index (Phi) is 6.23.